The van der Waals surface area contributed by atoms with Gasteiger partial charge in [0, 0.05) is 68.6 Å². The Morgan fingerprint density at radius 3 is 1.96 bits per heavy atom. The van der Waals surface area contributed by atoms with Gasteiger partial charge in [-0.15, -0.1) is 11.3 Å². The van der Waals surface area contributed by atoms with E-state index >= 15 is 0 Å². The van der Waals surface area contributed by atoms with Crippen molar-refractivity contribution in [1.82, 2.24) is 14.8 Å². The molecule has 0 amide bonds. The molecule has 0 aliphatic carbocycles. The van der Waals surface area contributed by atoms with Gasteiger partial charge in [0.2, 0.25) is 0 Å². The van der Waals surface area contributed by atoms with E-state index in [0.29, 0.717) is 6.04 Å². The molecule has 1 unspecified atom stereocenters. The van der Waals surface area contributed by atoms with Crippen molar-refractivity contribution in [3.8, 4) is 5.75 Å². The summed E-state index contributed by atoms with van der Waals surface area (Å²) in [6.45, 7) is 9.02. The van der Waals surface area contributed by atoms with Crippen LogP contribution in [0.25, 0.3) is 0 Å². The molecule has 0 spiro atoms. The number of piperazine rings is 1. The summed E-state index contributed by atoms with van der Waals surface area (Å²) in [5, 5.41) is 1.18. The Kier molecular flexibility index (Phi) is 7.65. The van der Waals surface area contributed by atoms with E-state index in [-0.39, 0.29) is 0 Å². The number of ether oxygens (including phenoxy) is 1. The van der Waals surface area contributed by atoms with Crippen LogP contribution in [-0.2, 0) is 24.9 Å². The highest BCUT2D eigenvalue weighted by Gasteiger charge is 2.44. The summed E-state index contributed by atoms with van der Waals surface area (Å²) in [4.78, 5) is 14.5. The third-order valence-electron chi connectivity index (χ3n) is 10.1. The zero-order valence-electron chi connectivity index (χ0n) is 25.9. The SMILES string of the molecule is CC(c1cccc2c1OCC2)N1CCN(c2nc3c(s2)CN(C(c2ccccc2)(c2ccccc2)c2ccccc2)CC3)CC1. The van der Waals surface area contributed by atoms with Gasteiger partial charge in [-0.3, -0.25) is 9.80 Å². The largest absolute Gasteiger partial charge is 0.493 e. The number of aromatic nitrogens is 1. The standard InChI is InChI=1S/C39H40N4OS/c1-29(34-19-11-12-30-21-27-44-37(30)34)41-23-25-42(26-24-41)38-40-35-20-22-43(28-36(35)45-38)39(31-13-5-2-6-14-31,32-15-7-3-8-16-32)33-17-9-4-10-18-33/h2-19,29H,20-28H2,1H3. The first kappa shape index (κ1) is 28.5. The monoisotopic (exact) mass is 612 g/mol. The lowest BCUT2D eigenvalue weighted by Gasteiger charge is -2.47. The van der Waals surface area contributed by atoms with Crippen LogP contribution >= 0.6 is 11.3 Å². The molecule has 1 saturated heterocycles. The molecule has 5 aromatic rings. The second-order valence-electron chi connectivity index (χ2n) is 12.5. The second kappa shape index (κ2) is 12.1. The summed E-state index contributed by atoms with van der Waals surface area (Å²) in [5.74, 6) is 1.13. The number of hydrogen-bond acceptors (Lipinski definition) is 6. The number of benzene rings is 4. The molecule has 3 aliphatic rings. The fourth-order valence-corrected chi connectivity index (χ4v) is 8.93. The molecule has 1 fully saturated rings. The summed E-state index contributed by atoms with van der Waals surface area (Å²) < 4.78 is 6.05. The molecule has 1 aromatic heterocycles. The molecule has 0 N–H and O–H groups in total. The van der Waals surface area contributed by atoms with Gasteiger partial charge in [-0.25, -0.2) is 4.98 Å². The summed E-state index contributed by atoms with van der Waals surface area (Å²) in [6.07, 6.45) is 1.98. The molecule has 0 saturated carbocycles. The predicted octanol–water partition coefficient (Wildman–Crippen LogP) is 7.31. The van der Waals surface area contributed by atoms with Gasteiger partial charge in [0.1, 0.15) is 5.75 Å². The highest BCUT2D eigenvalue weighted by Crippen LogP contribution is 2.46. The highest BCUT2D eigenvalue weighted by molar-refractivity contribution is 7.15. The Balaban J connectivity index is 1.06. The van der Waals surface area contributed by atoms with Crippen molar-refractivity contribution >= 4 is 16.5 Å². The van der Waals surface area contributed by atoms with Gasteiger partial charge in [0.15, 0.2) is 5.13 Å². The Bertz CT molecular complexity index is 1650. The van der Waals surface area contributed by atoms with Crippen LogP contribution in [0.4, 0.5) is 5.13 Å². The molecular formula is C39H40N4OS. The number of thiazole rings is 1. The van der Waals surface area contributed by atoms with Crippen molar-refractivity contribution in [3.63, 3.8) is 0 Å². The van der Waals surface area contributed by atoms with Crippen molar-refractivity contribution in [2.45, 2.75) is 37.9 Å². The van der Waals surface area contributed by atoms with Crippen LogP contribution in [0.5, 0.6) is 5.75 Å². The van der Waals surface area contributed by atoms with E-state index in [1.54, 1.807) is 0 Å². The number of hydrogen-bond donors (Lipinski definition) is 0. The zero-order valence-corrected chi connectivity index (χ0v) is 26.8. The highest BCUT2D eigenvalue weighted by atomic mass is 32.1. The Morgan fingerprint density at radius 2 is 1.33 bits per heavy atom. The van der Waals surface area contributed by atoms with Crippen molar-refractivity contribution in [3.05, 3.63) is 148 Å². The van der Waals surface area contributed by atoms with Crippen LogP contribution in [0.2, 0.25) is 0 Å². The van der Waals surface area contributed by atoms with Crippen LogP contribution in [-0.4, -0.2) is 54.1 Å². The van der Waals surface area contributed by atoms with Gasteiger partial charge >= 0.3 is 0 Å². The molecule has 3 aliphatic heterocycles. The van der Waals surface area contributed by atoms with Crippen LogP contribution in [0.1, 0.15) is 51.4 Å². The fourth-order valence-electron chi connectivity index (χ4n) is 7.76. The topological polar surface area (TPSA) is 31.8 Å². The van der Waals surface area contributed by atoms with E-state index in [9.17, 15) is 0 Å². The molecule has 1 atom stereocenters. The van der Waals surface area contributed by atoms with Gasteiger partial charge in [-0.2, -0.15) is 0 Å². The minimum atomic E-state index is -0.394. The number of para-hydroxylation sites is 1. The van der Waals surface area contributed by atoms with E-state index in [1.165, 1.54) is 43.5 Å². The quantitative estimate of drug-likeness (QED) is 0.180. The molecule has 6 heteroatoms. The molecule has 5 nitrogen and oxygen atoms in total. The van der Waals surface area contributed by atoms with E-state index in [1.807, 2.05) is 11.3 Å². The van der Waals surface area contributed by atoms with E-state index in [0.717, 1.165) is 64.5 Å². The lowest BCUT2D eigenvalue weighted by molar-refractivity contribution is 0.141. The second-order valence-corrected chi connectivity index (χ2v) is 13.5. The van der Waals surface area contributed by atoms with Crippen LogP contribution in [0.3, 0.4) is 0 Å². The Morgan fingerprint density at radius 1 is 0.711 bits per heavy atom. The average Bonchev–Trinajstić information content (AvgIpc) is 3.77. The van der Waals surface area contributed by atoms with E-state index < -0.39 is 5.54 Å². The smallest absolute Gasteiger partial charge is 0.185 e. The summed E-state index contributed by atoms with van der Waals surface area (Å²) >= 11 is 1.90. The molecule has 0 bridgehead atoms. The van der Waals surface area contributed by atoms with Crippen molar-refractivity contribution in [1.29, 1.82) is 0 Å². The van der Waals surface area contributed by atoms with Crippen LogP contribution in [0, 0.1) is 0 Å². The number of fused-ring (bicyclic) bond motifs is 2. The van der Waals surface area contributed by atoms with Gasteiger partial charge in [-0.05, 0) is 29.2 Å². The first-order valence-electron chi connectivity index (χ1n) is 16.4. The Hall–Kier alpha value is -3.97. The normalized spacial score (nSPS) is 17.8. The van der Waals surface area contributed by atoms with Gasteiger partial charge < -0.3 is 9.64 Å². The lowest BCUT2D eigenvalue weighted by Crippen LogP contribution is -2.50. The van der Waals surface area contributed by atoms with Gasteiger partial charge in [0.25, 0.3) is 0 Å². The molecule has 4 aromatic carbocycles. The lowest BCUT2D eigenvalue weighted by atomic mass is 9.75. The van der Waals surface area contributed by atoms with Gasteiger partial charge in [0.05, 0.1) is 17.8 Å². The maximum Gasteiger partial charge on any atom is 0.185 e. The van der Waals surface area contributed by atoms with Gasteiger partial charge in [-0.1, -0.05) is 109 Å². The molecule has 0 radical (unpaired) electrons. The fraction of sp³-hybridized carbons (Fsp3) is 0.308. The summed E-state index contributed by atoms with van der Waals surface area (Å²) in [6, 6.07) is 40.2. The predicted molar refractivity (Wildman–Crippen MR) is 183 cm³/mol. The Labute approximate surface area is 270 Å². The molecular weight excluding hydrogens is 573 g/mol. The van der Waals surface area contributed by atoms with E-state index in [4.69, 9.17) is 9.72 Å². The molecule has 8 rings (SSSR count). The van der Waals surface area contributed by atoms with Crippen LogP contribution < -0.4 is 9.64 Å². The first-order valence-corrected chi connectivity index (χ1v) is 17.2. The van der Waals surface area contributed by atoms with Crippen molar-refractivity contribution < 1.29 is 4.74 Å². The van der Waals surface area contributed by atoms with Crippen LogP contribution in [0.15, 0.2) is 109 Å². The average molecular weight is 613 g/mol. The third-order valence-corrected chi connectivity index (χ3v) is 11.2. The first-order chi connectivity index (χ1) is 22.2. The molecule has 4 heterocycles. The number of nitrogens with zero attached hydrogens (tertiary/aromatic N) is 4. The minimum absolute atomic E-state index is 0.348. The zero-order chi connectivity index (χ0) is 30.2. The van der Waals surface area contributed by atoms with E-state index in [2.05, 4.69) is 131 Å². The molecule has 45 heavy (non-hydrogen) atoms. The van der Waals surface area contributed by atoms with Crippen molar-refractivity contribution in [2.75, 3.05) is 44.2 Å². The summed E-state index contributed by atoms with van der Waals surface area (Å²) in [5.41, 5.74) is 7.48. The maximum atomic E-state index is 6.05. The summed E-state index contributed by atoms with van der Waals surface area (Å²) in [7, 11) is 0. The third kappa shape index (κ3) is 5.05. The minimum Gasteiger partial charge on any atom is -0.493 e. The molecule has 228 valence electrons. The number of rotatable bonds is 7. The number of anilines is 1. The van der Waals surface area contributed by atoms with Crippen molar-refractivity contribution in [2.24, 2.45) is 0 Å². The maximum absolute atomic E-state index is 6.05.